The molecule has 0 heterocycles. The van der Waals surface area contributed by atoms with E-state index in [0.717, 1.165) is 18.4 Å². The molecule has 0 saturated heterocycles. The lowest BCUT2D eigenvalue weighted by Crippen LogP contribution is -2.28. The van der Waals surface area contributed by atoms with Crippen molar-refractivity contribution in [1.82, 2.24) is 5.32 Å². The van der Waals surface area contributed by atoms with Gasteiger partial charge in [-0.3, -0.25) is 0 Å². The van der Waals surface area contributed by atoms with Gasteiger partial charge in [-0.1, -0.05) is 48.0 Å². The van der Waals surface area contributed by atoms with Crippen molar-refractivity contribution in [3.63, 3.8) is 0 Å². The number of hydrogen-bond donors (Lipinski definition) is 1. The summed E-state index contributed by atoms with van der Waals surface area (Å²) in [5.74, 6) is 0. The van der Waals surface area contributed by atoms with Crippen molar-refractivity contribution in [2.24, 2.45) is 0 Å². The van der Waals surface area contributed by atoms with Crippen molar-refractivity contribution in [1.29, 1.82) is 0 Å². The van der Waals surface area contributed by atoms with Gasteiger partial charge in [-0.05, 0) is 36.1 Å². The molecule has 1 fully saturated rings. The van der Waals surface area contributed by atoms with Crippen molar-refractivity contribution in [2.45, 2.75) is 31.1 Å². The molecule has 0 unspecified atom stereocenters. The van der Waals surface area contributed by atoms with E-state index in [-0.39, 0.29) is 10.6 Å². The first-order valence-corrected chi connectivity index (χ1v) is 7.45. The van der Waals surface area contributed by atoms with Crippen LogP contribution in [0.5, 0.6) is 0 Å². The van der Waals surface area contributed by atoms with Gasteiger partial charge in [0, 0.05) is 12.1 Å². The molecule has 0 amide bonds. The summed E-state index contributed by atoms with van der Waals surface area (Å²) in [7, 11) is 0. The van der Waals surface area contributed by atoms with Crippen molar-refractivity contribution in [2.75, 3.05) is 0 Å². The largest absolute Gasteiger partial charge is 0.417 e. The van der Waals surface area contributed by atoms with Gasteiger partial charge in [0.2, 0.25) is 0 Å². The summed E-state index contributed by atoms with van der Waals surface area (Å²) in [4.78, 5) is 0. The monoisotopic (exact) mass is 325 g/mol. The summed E-state index contributed by atoms with van der Waals surface area (Å²) in [6, 6.07) is 14.0. The van der Waals surface area contributed by atoms with Crippen LogP contribution in [0.4, 0.5) is 13.2 Å². The molecule has 116 valence electrons. The first-order valence-electron chi connectivity index (χ1n) is 7.07. The predicted molar refractivity (Wildman–Crippen MR) is 80.6 cm³/mol. The molecule has 1 nitrogen and oxygen atoms in total. The minimum atomic E-state index is -4.43. The van der Waals surface area contributed by atoms with Gasteiger partial charge in [0.1, 0.15) is 0 Å². The molecule has 3 rings (SSSR count). The highest BCUT2D eigenvalue weighted by Crippen LogP contribution is 2.47. The molecule has 1 N–H and O–H groups in total. The van der Waals surface area contributed by atoms with E-state index < -0.39 is 11.7 Å². The van der Waals surface area contributed by atoms with Crippen molar-refractivity contribution in [3.05, 3.63) is 70.2 Å². The zero-order valence-corrected chi connectivity index (χ0v) is 12.5. The molecule has 22 heavy (non-hydrogen) atoms. The minimum Gasteiger partial charge on any atom is -0.303 e. The molecule has 0 aromatic heterocycles. The molecule has 2 aromatic carbocycles. The van der Waals surface area contributed by atoms with Crippen molar-refractivity contribution < 1.29 is 13.2 Å². The predicted octanol–water partition coefficient (Wildman–Crippen LogP) is 5.14. The van der Waals surface area contributed by atoms with Gasteiger partial charge in [-0.2, -0.15) is 13.2 Å². The maximum atomic E-state index is 13.0. The molecule has 0 bridgehead atoms. The maximum Gasteiger partial charge on any atom is 0.417 e. The summed E-state index contributed by atoms with van der Waals surface area (Å²) in [5.41, 5.74) is 0.638. The normalized spacial score (nSPS) is 16.5. The van der Waals surface area contributed by atoms with Crippen LogP contribution in [0.15, 0.2) is 48.5 Å². The Morgan fingerprint density at radius 2 is 1.73 bits per heavy atom. The summed E-state index contributed by atoms with van der Waals surface area (Å²) in [6.07, 6.45) is -2.76. The van der Waals surface area contributed by atoms with Crippen molar-refractivity contribution >= 4 is 11.6 Å². The third-order valence-corrected chi connectivity index (χ3v) is 4.38. The minimum absolute atomic E-state index is 0.255. The van der Waals surface area contributed by atoms with E-state index in [1.54, 1.807) is 6.07 Å². The lowest BCUT2D eigenvalue weighted by molar-refractivity contribution is -0.137. The molecule has 0 spiro atoms. The number of alkyl halides is 3. The van der Waals surface area contributed by atoms with E-state index in [4.69, 9.17) is 11.6 Å². The van der Waals surface area contributed by atoms with Crippen LogP contribution >= 0.6 is 11.6 Å². The fourth-order valence-electron chi connectivity index (χ4n) is 2.60. The van der Waals surface area contributed by atoms with Gasteiger partial charge in [-0.25, -0.2) is 0 Å². The van der Waals surface area contributed by atoms with Gasteiger partial charge in [-0.15, -0.1) is 0 Å². The van der Waals surface area contributed by atoms with Gasteiger partial charge >= 0.3 is 6.18 Å². The molecule has 0 aliphatic heterocycles. The maximum absolute atomic E-state index is 13.0. The number of hydrogen-bond acceptors (Lipinski definition) is 1. The van der Waals surface area contributed by atoms with Crippen molar-refractivity contribution in [3.8, 4) is 0 Å². The summed E-state index contributed by atoms with van der Waals surface area (Å²) >= 11 is 5.68. The lowest BCUT2D eigenvalue weighted by atomic mass is 10.0. The third-order valence-electron chi connectivity index (χ3n) is 4.05. The summed E-state index contributed by atoms with van der Waals surface area (Å²) < 4.78 is 38.9. The van der Waals surface area contributed by atoms with E-state index in [9.17, 15) is 13.2 Å². The molecule has 1 saturated carbocycles. The Morgan fingerprint density at radius 1 is 1.05 bits per heavy atom. The van der Waals surface area contributed by atoms with E-state index in [1.165, 1.54) is 12.1 Å². The van der Waals surface area contributed by atoms with Crippen LogP contribution in [-0.2, 0) is 18.3 Å². The second-order valence-electron chi connectivity index (χ2n) is 5.61. The van der Waals surface area contributed by atoms with Crippen LogP contribution < -0.4 is 5.32 Å². The van der Waals surface area contributed by atoms with Crippen LogP contribution in [0, 0.1) is 0 Å². The fourth-order valence-corrected chi connectivity index (χ4v) is 2.82. The Kier molecular flexibility index (Phi) is 3.91. The second-order valence-corrected chi connectivity index (χ2v) is 6.02. The Balaban J connectivity index is 1.81. The first-order chi connectivity index (χ1) is 10.4. The zero-order chi connectivity index (χ0) is 15.8. The molecule has 1 aliphatic carbocycles. The molecule has 2 aromatic rings. The summed E-state index contributed by atoms with van der Waals surface area (Å²) in [6.45, 7) is 0.630. The zero-order valence-electron chi connectivity index (χ0n) is 11.8. The highest BCUT2D eigenvalue weighted by molar-refractivity contribution is 6.31. The van der Waals surface area contributed by atoms with E-state index in [1.807, 2.05) is 30.3 Å². The molecular weight excluding hydrogens is 311 g/mol. The molecular formula is C17H15ClF3N. The second kappa shape index (κ2) is 5.60. The third kappa shape index (κ3) is 3.13. The van der Waals surface area contributed by atoms with Gasteiger partial charge in [0.25, 0.3) is 0 Å². The van der Waals surface area contributed by atoms with Crippen LogP contribution in [0.3, 0.4) is 0 Å². The molecule has 1 aliphatic rings. The fraction of sp³-hybridized carbons (Fsp3) is 0.294. The lowest BCUT2D eigenvalue weighted by Gasteiger charge is -2.20. The molecule has 0 atom stereocenters. The van der Waals surface area contributed by atoms with Crippen LogP contribution in [0.1, 0.15) is 29.5 Å². The van der Waals surface area contributed by atoms with E-state index in [2.05, 4.69) is 5.32 Å². The number of rotatable bonds is 4. The number of benzene rings is 2. The quantitative estimate of drug-likeness (QED) is 0.821. The molecule has 5 heteroatoms. The summed E-state index contributed by atoms with van der Waals surface area (Å²) in [5, 5.41) is 3.14. The Morgan fingerprint density at radius 3 is 2.32 bits per heavy atom. The van der Waals surface area contributed by atoms with Gasteiger partial charge < -0.3 is 5.32 Å². The van der Waals surface area contributed by atoms with Crippen LogP contribution in [0.2, 0.25) is 5.02 Å². The van der Waals surface area contributed by atoms with Crippen LogP contribution in [0.25, 0.3) is 0 Å². The average molecular weight is 326 g/mol. The smallest absolute Gasteiger partial charge is 0.303 e. The number of halogens is 4. The Bertz CT molecular complexity index is 663. The average Bonchev–Trinajstić information content (AvgIpc) is 3.27. The van der Waals surface area contributed by atoms with Crippen LogP contribution in [-0.4, -0.2) is 0 Å². The SMILES string of the molecule is FC(F)(F)c1cc(C2(NCc3ccccc3)CC2)ccc1Cl. The highest BCUT2D eigenvalue weighted by atomic mass is 35.5. The standard InChI is InChI=1S/C17H15ClF3N/c18-15-7-6-13(10-14(15)17(19,20)21)16(8-9-16)22-11-12-4-2-1-3-5-12/h1-7,10,22H,8-9,11H2. The highest BCUT2D eigenvalue weighted by Gasteiger charge is 2.45. The van der Waals surface area contributed by atoms with Gasteiger partial charge in [0.05, 0.1) is 10.6 Å². The van der Waals surface area contributed by atoms with E-state index in [0.29, 0.717) is 12.1 Å². The molecule has 0 radical (unpaired) electrons. The topological polar surface area (TPSA) is 12.0 Å². The number of nitrogens with one attached hydrogen (secondary N) is 1. The Labute approximate surface area is 132 Å². The Hall–Kier alpha value is -1.52. The van der Waals surface area contributed by atoms with Gasteiger partial charge in [0.15, 0.2) is 0 Å². The first kappa shape index (κ1) is 15.4. The van der Waals surface area contributed by atoms with E-state index >= 15 is 0 Å².